The molecule has 0 aliphatic heterocycles. The standard InChI is InChI=1S/C21H28N4O9/c22-13(6-8-17(27)28)19(31)23-11-16(26)24-14(7-9-18(29)30)20(32)25-15(21(33)34)10-12-4-2-1-3-5-12/h1-5,13-15H,6-11,22H2,(H,23,31)(H,24,26)(H,25,32)(H,27,28)(H,29,30)(H,33,34)/t13-,14-,15-/m0/s1. The highest BCUT2D eigenvalue weighted by molar-refractivity contribution is 5.92. The second kappa shape index (κ2) is 14.2. The van der Waals surface area contributed by atoms with Crippen molar-refractivity contribution in [3.05, 3.63) is 35.9 Å². The van der Waals surface area contributed by atoms with Crippen LogP contribution >= 0.6 is 0 Å². The zero-order chi connectivity index (χ0) is 25.7. The van der Waals surface area contributed by atoms with Crippen molar-refractivity contribution in [3.8, 4) is 0 Å². The molecule has 0 saturated carbocycles. The zero-order valence-corrected chi connectivity index (χ0v) is 18.2. The molecule has 1 aromatic rings. The normalized spacial score (nSPS) is 13.1. The summed E-state index contributed by atoms with van der Waals surface area (Å²) < 4.78 is 0. The summed E-state index contributed by atoms with van der Waals surface area (Å²) in [7, 11) is 0. The molecule has 1 rings (SSSR count). The van der Waals surface area contributed by atoms with Gasteiger partial charge in [0.1, 0.15) is 12.1 Å². The number of amides is 3. The number of benzene rings is 1. The molecule has 3 amide bonds. The van der Waals surface area contributed by atoms with Gasteiger partial charge >= 0.3 is 17.9 Å². The van der Waals surface area contributed by atoms with Crippen LogP contribution in [0.1, 0.15) is 31.2 Å². The first-order chi connectivity index (χ1) is 16.0. The predicted octanol–water partition coefficient (Wildman–Crippen LogP) is -1.54. The molecular formula is C21H28N4O9. The van der Waals surface area contributed by atoms with Crippen molar-refractivity contribution >= 4 is 35.6 Å². The maximum absolute atomic E-state index is 12.6. The first-order valence-electron chi connectivity index (χ1n) is 10.3. The number of nitrogens with one attached hydrogen (secondary N) is 3. The summed E-state index contributed by atoms with van der Waals surface area (Å²) in [4.78, 5) is 69.8. The van der Waals surface area contributed by atoms with E-state index in [1.165, 1.54) is 0 Å². The van der Waals surface area contributed by atoms with E-state index in [4.69, 9.17) is 15.9 Å². The van der Waals surface area contributed by atoms with Gasteiger partial charge in [-0.2, -0.15) is 0 Å². The predicted molar refractivity (Wildman–Crippen MR) is 116 cm³/mol. The smallest absolute Gasteiger partial charge is 0.326 e. The number of carbonyl (C=O) groups excluding carboxylic acids is 3. The van der Waals surface area contributed by atoms with Gasteiger partial charge in [0.2, 0.25) is 17.7 Å². The molecule has 0 heterocycles. The fraction of sp³-hybridized carbons (Fsp3) is 0.429. The van der Waals surface area contributed by atoms with Crippen LogP contribution in [0.25, 0.3) is 0 Å². The third-order valence-electron chi connectivity index (χ3n) is 4.62. The molecular weight excluding hydrogens is 452 g/mol. The molecule has 34 heavy (non-hydrogen) atoms. The lowest BCUT2D eigenvalue weighted by atomic mass is 10.0. The quantitative estimate of drug-likeness (QED) is 0.153. The van der Waals surface area contributed by atoms with Crippen molar-refractivity contribution in [1.29, 1.82) is 0 Å². The van der Waals surface area contributed by atoms with Crippen molar-refractivity contribution in [2.24, 2.45) is 5.73 Å². The van der Waals surface area contributed by atoms with Crippen LogP contribution in [-0.2, 0) is 35.2 Å². The highest BCUT2D eigenvalue weighted by Crippen LogP contribution is 2.05. The molecule has 0 fully saturated rings. The van der Waals surface area contributed by atoms with E-state index >= 15 is 0 Å². The minimum atomic E-state index is -1.38. The van der Waals surface area contributed by atoms with E-state index in [0.29, 0.717) is 5.56 Å². The number of aliphatic carboxylic acids is 3. The third kappa shape index (κ3) is 11.0. The van der Waals surface area contributed by atoms with Gasteiger partial charge in [0.05, 0.1) is 12.6 Å². The molecule has 0 bridgehead atoms. The Morgan fingerprint density at radius 2 is 1.38 bits per heavy atom. The van der Waals surface area contributed by atoms with Crippen LogP contribution in [0.15, 0.2) is 30.3 Å². The number of carboxylic acids is 3. The second-order valence-electron chi connectivity index (χ2n) is 7.40. The van der Waals surface area contributed by atoms with Crippen LogP contribution in [0.4, 0.5) is 0 Å². The number of nitrogens with two attached hydrogens (primary N) is 1. The Balaban J connectivity index is 2.74. The van der Waals surface area contributed by atoms with Gasteiger partial charge in [-0.05, 0) is 18.4 Å². The first-order valence-corrected chi connectivity index (χ1v) is 10.3. The molecule has 186 valence electrons. The number of carbonyl (C=O) groups is 6. The van der Waals surface area contributed by atoms with E-state index in [0.717, 1.165) is 0 Å². The van der Waals surface area contributed by atoms with E-state index in [1.54, 1.807) is 30.3 Å². The summed E-state index contributed by atoms with van der Waals surface area (Å²) in [6, 6.07) is 4.63. The molecule has 0 spiro atoms. The maximum Gasteiger partial charge on any atom is 0.326 e. The van der Waals surface area contributed by atoms with Gasteiger partial charge in [0.15, 0.2) is 0 Å². The largest absolute Gasteiger partial charge is 0.481 e. The van der Waals surface area contributed by atoms with Gasteiger partial charge in [0, 0.05) is 19.3 Å². The number of rotatable bonds is 15. The molecule has 3 atom stereocenters. The van der Waals surface area contributed by atoms with Crippen LogP contribution in [0, 0.1) is 0 Å². The van der Waals surface area contributed by atoms with E-state index in [1.807, 2.05) is 0 Å². The Hall–Kier alpha value is -4.00. The van der Waals surface area contributed by atoms with E-state index in [9.17, 15) is 33.9 Å². The topological polar surface area (TPSA) is 225 Å². The zero-order valence-electron chi connectivity index (χ0n) is 18.2. The highest BCUT2D eigenvalue weighted by atomic mass is 16.4. The Labute approximate surface area is 194 Å². The minimum Gasteiger partial charge on any atom is -0.481 e. The molecule has 0 unspecified atom stereocenters. The van der Waals surface area contributed by atoms with Crippen molar-refractivity contribution in [2.45, 2.75) is 50.2 Å². The van der Waals surface area contributed by atoms with E-state index < -0.39 is 66.7 Å². The minimum absolute atomic E-state index is 0.0359. The first kappa shape index (κ1) is 28.0. The van der Waals surface area contributed by atoms with E-state index in [2.05, 4.69) is 16.0 Å². The van der Waals surface area contributed by atoms with Gasteiger partial charge in [-0.3, -0.25) is 24.0 Å². The van der Waals surface area contributed by atoms with Gasteiger partial charge < -0.3 is 37.0 Å². The summed E-state index contributed by atoms with van der Waals surface area (Å²) in [5.74, 6) is -6.22. The SMILES string of the molecule is N[C@@H](CCC(=O)O)C(=O)NCC(=O)N[C@@H](CCC(=O)O)C(=O)N[C@@H](Cc1ccccc1)C(=O)O. The number of carboxylic acid groups (broad SMARTS) is 3. The average Bonchev–Trinajstić information content (AvgIpc) is 2.78. The Bertz CT molecular complexity index is 891. The van der Waals surface area contributed by atoms with Crippen molar-refractivity contribution in [2.75, 3.05) is 6.54 Å². The van der Waals surface area contributed by atoms with Crippen LogP contribution in [0.2, 0.25) is 0 Å². The van der Waals surface area contributed by atoms with Gasteiger partial charge in [0.25, 0.3) is 0 Å². The number of hydrogen-bond acceptors (Lipinski definition) is 7. The van der Waals surface area contributed by atoms with Crippen LogP contribution in [0.3, 0.4) is 0 Å². The summed E-state index contributed by atoms with van der Waals surface area (Å²) >= 11 is 0. The fourth-order valence-corrected chi connectivity index (χ4v) is 2.81. The molecule has 13 heteroatoms. The van der Waals surface area contributed by atoms with Gasteiger partial charge in [-0.1, -0.05) is 30.3 Å². The maximum atomic E-state index is 12.6. The van der Waals surface area contributed by atoms with Gasteiger partial charge in [-0.15, -0.1) is 0 Å². The van der Waals surface area contributed by atoms with E-state index in [-0.39, 0.29) is 25.7 Å². The summed E-state index contributed by atoms with van der Waals surface area (Å²) in [5, 5.41) is 33.7. The molecule has 0 saturated heterocycles. The molecule has 0 aromatic heterocycles. The Kier molecular flexibility index (Phi) is 11.7. The highest BCUT2D eigenvalue weighted by Gasteiger charge is 2.27. The molecule has 0 radical (unpaired) electrons. The van der Waals surface area contributed by atoms with Crippen molar-refractivity contribution < 1.29 is 44.1 Å². The molecule has 1 aromatic carbocycles. The van der Waals surface area contributed by atoms with Crippen LogP contribution in [-0.4, -0.2) is 75.6 Å². The summed E-state index contributed by atoms with van der Waals surface area (Å²) in [6.07, 6.45) is -1.33. The lowest BCUT2D eigenvalue weighted by Gasteiger charge is -2.21. The number of hydrogen-bond donors (Lipinski definition) is 7. The summed E-state index contributed by atoms with van der Waals surface area (Å²) in [5.41, 5.74) is 6.18. The fourth-order valence-electron chi connectivity index (χ4n) is 2.81. The molecule has 8 N–H and O–H groups in total. The summed E-state index contributed by atoms with van der Waals surface area (Å²) in [6.45, 7) is -0.608. The molecule has 0 aliphatic carbocycles. The lowest BCUT2D eigenvalue weighted by molar-refractivity contribution is -0.143. The van der Waals surface area contributed by atoms with Crippen molar-refractivity contribution in [3.63, 3.8) is 0 Å². The monoisotopic (exact) mass is 480 g/mol. The molecule has 13 nitrogen and oxygen atoms in total. The third-order valence-corrected chi connectivity index (χ3v) is 4.62. The van der Waals surface area contributed by atoms with Crippen molar-refractivity contribution in [1.82, 2.24) is 16.0 Å². The second-order valence-corrected chi connectivity index (χ2v) is 7.40. The molecule has 0 aliphatic rings. The Morgan fingerprint density at radius 3 is 1.94 bits per heavy atom. The van der Waals surface area contributed by atoms with Crippen LogP contribution in [0.5, 0.6) is 0 Å². The van der Waals surface area contributed by atoms with Gasteiger partial charge in [-0.25, -0.2) is 4.79 Å². The Morgan fingerprint density at radius 1 is 0.794 bits per heavy atom. The lowest BCUT2D eigenvalue weighted by Crippen LogP contribution is -2.54. The average molecular weight is 480 g/mol. The van der Waals surface area contributed by atoms with Crippen LogP contribution < -0.4 is 21.7 Å².